The van der Waals surface area contributed by atoms with E-state index >= 15 is 0 Å². The Hall–Kier alpha value is -1.76. The molecule has 1 N–H and O–H groups in total. The number of benzene rings is 1. The molecule has 0 radical (unpaired) electrons. The van der Waals surface area contributed by atoms with Crippen molar-refractivity contribution in [2.45, 2.75) is 32.7 Å². The molecule has 6 heteroatoms. The lowest BCUT2D eigenvalue weighted by Crippen LogP contribution is -2.58. The van der Waals surface area contributed by atoms with Gasteiger partial charge < -0.3 is 19.3 Å². The average Bonchev–Trinajstić information content (AvgIpc) is 2.52. The average molecular weight is 310 g/mol. The summed E-state index contributed by atoms with van der Waals surface area (Å²) < 4.78 is 16.1. The predicted octanol–water partition coefficient (Wildman–Crippen LogP) is 2.13. The zero-order valence-electron chi connectivity index (χ0n) is 13.1. The van der Waals surface area contributed by atoms with E-state index in [1.54, 1.807) is 51.1 Å². The highest BCUT2D eigenvalue weighted by atomic mass is 16.7. The first-order valence-electron chi connectivity index (χ1n) is 7.25. The SMILES string of the molecule is CCOC(C(=O)c1ccccc1)C(OCC)(OCC)C(=O)O. The first-order chi connectivity index (χ1) is 10.5. The summed E-state index contributed by atoms with van der Waals surface area (Å²) in [6, 6.07) is 8.35. The molecular weight excluding hydrogens is 288 g/mol. The van der Waals surface area contributed by atoms with E-state index in [0.29, 0.717) is 5.56 Å². The van der Waals surface area contributed by atoms with Gasteiger partial charge in [-0.15, -0.1) is 0 Å². The Bertz CT molecular complexity index is 479. The zero-order chi connectivity index (χ0) is 16.6. The van der Waals surface area contributed by atoms with Crippen LogP contribution in [-0.2, 0) is 19.0 Å². The highest BCUT2D eigenvalue weighted by Gasteiger charge is 2.53. The lowest BCUT2D eigenvalue weighted by atomic mass is 9.99. The number of hydrogen-bond donors (Lipinski definition) is 1. The summed E-state index contributed by atoms with van der Waals surface area (Å²) >= 11 is 0. The number of Topliss-reactive ketones (excluding diaryl/α,β-unsaturated/α-hetero) is 1. The fraction of sp³-hybridized carbons (Fsp3) is 0.500. The van der Waals surface area contributed by atoms with Gasteiger partial charge >= 0.3 is 11.8 Å². The maximum Gasteiger partial charge on any atom is 0.367 e. The second kappa shape index (κ2) is 8.63. The van der Waals surface area contributed by atoms with Crippen LogP contribution in [0.25, 0.3) is 0 Å². The Kier molecular flexibility index (Phi) is 7.17. The van der Waals surface area contributed by atoms with E-state index in [2.05, 4.69) is 0 Å². The summed E-state index contributed by atoms with van der Waals surface area (Å²) in [6.45, 7) is 5.23. The molecule has 0 bridgehead atoms. The zero-order valence-corrected chi connectivity index (χ0v) is 13.1. The van der Waals surface area contributed by atoms with Crippen LogP contribution < -0.4 is 0 Å². The summed E-state index contributed by atoms with van der Waals surface area (Å²) in [5.41, 5.74) is 0.339. The smallest absolute Gasteiger partial charge is 0.367 e. The van der Waals surface area contributed by atoms with Crippen LogP contribution in [0, 0.1) is 0 Å². The molecule has 0 amide bonds. The van der Waals surface area contributed by atoms with Crippen molar-refractivity contribution in [2.75, 3.05) is 19.8 Å². The van der Waals surface area contributed by atoms with E-state index < -0.39 is 23.6 Å². The third-order valence-corrected chi connectivity index (χ3v) is 2.99. The molecule has 122 valence electrons. The van der Waals surface area contributed by atoms with Gasteiger partial charge in [0.25, 0.3) is 0 Å². The van der Waals surface area contributed by atoms with Gasteiger partial charge in [-0.2, -0.15) is 0 Å². The molecule has 22 heavy (non-hydrogen) atoms. The van der Waals surface area contributed by atoms with Crippen LogP contribution in [0.15, 0.2) is 30.3 Å². The van der Waals surface area contributed by atoms with Crippen LogP contribution in [0.1, 0.15) is 31.1 Å². The van der Waals surface area contributed by atoms with Gasteiger partial charge in [0.05, 0.1) is 0 Å². The van der Waals surface area contributed by atoms with Crippen LogP contribution in [0.3, 0.4) is 0 Å². The van der Waals surface area contributed by atoms with Crippen LogP contribution >= 0.6 is 0 Å². The number of carbonyl (C=O) groups excluding carboxylic acids is 1. The predicted molar refractivity (Wildman–Crippen MR) is 79.8 cm³/mol. The molecule has 0 fully saturated rings. The number of carbonyl (C=O) groups is 2. The molecule has 0 heterocycles. The molecule has 1 unspecified atom stereocenters. The van der Waals surface area contributed by atoms with E-state index in [9.17, 15) is 14.7 Å². The summed E-state index contributed by atoms with van der Waals surface area (Å²) in [5.74, 6) is -4.04. The largest absolute Gasteiger partial charge is 0.477 e. The van der Waals surface area contributed by atoms with Crippen LogP contribution in [0.4, 0.5) is 0 Å². The van der Waals surface area contributed by atoms with Crippen molar-refractivity contribution in [3.63, 3.8) is 0 Å². The van der Waals surface area contributed by atoms with E-state index in [1.165, 1.54) is 0 Å². The molecule has 0 aliphatic carbocycles. The molecule has 1 rings (SSSR count). The minimum Gasteiger partial charge on any atom is -0.477 e. The van der Waals surface area contributed by atoms with Gasteiger partial charge in [0.15, 0.2) is 11.9 Å². The van der Waals surface area contributed by atoms with E-state index in [-0.39, 0.29) is 19.8 Å². The Morgan fingerprint density at radius 2 is 1.59 bits per heavy atom. The number of ketones is 1. The van der Waals surface area contributed by atoms with Crippen molar-refractivity contribution in [3.05, 3.63) is 35.9 Å². The van der Waals surface area contributed by atoms with Crippen molar-refractivity contribution in [2.24, 2.45) is 0 Å². The molecule has 0 saturated carbocycles. The highest BCUT2D eigenvalue weighted by molar-refractivity contribution is 6.03. The minimum absolute atomic E-state index is 0.0674. The lowest BCUT2D eigenvalue weighted by Gasteiger charge is -2.34. The van der Waals surface area contributed by atoms with Crippen molar-refractivity contribution in [3.8, 4) is 0 Å². The molecule has 1 aromatic carbocycles. The van der Waals surface area contributed by atoms with Crippen LogP contribution in [0.2, 0.25) is 0 Å². The van der Waals surface area contributed by atoms with E-state index in [4.69, 9.17) is 14.2 Å². The van der Waals surface area contributed by atoms with Gasteiger partial charge in [0, 0.05) is 25.4 Å². The van der Waals surface area contributed by atoms with Crippen LogP contribution in [0.5, 0.6) is 0 Å². The number of rotatable bonds is 10. The standard InChI is InChI=1S/C16H22O6/c1-4-20-14(13(17)12-10-8-7-9-11-12)16(15(18)19,21-5-2)22-6-3/h7-11,14H,4-6H2,1-3H3,(H,18,19). The Morgan fingerprint density at radius 1 is 1.05 bits per heavy atom. The van der Waals surface area contributed by atoms with Gasteiger partial charge in [0.1, 0.15) is 0 Å². The van der Waals surface area contributed by atoms with Gasteiger partial charge in [-0.05, 0) is 20.8 Å². The first-order valence-corrected chi connectivity index (χ1v) is 7.25. The number of aliphatic carboxylic acids is 1. The number of ether oxygens (including phenoxy) is 3. The minimum atomic E-state index is -2.16. The number of carboxylic acid groups (broad SMARTS) is 1. The molecule has 6 nitrogen and oxygen atoms in total. The Labute approximate surface area is 130 Å². The Balaban J connectivity index is 3.28. The second-order valence-electron chi connectivity index (χ2n) is 4.40. The molecule has 0 spiro atoms. The van der Waals surface area contributed by atoms with Gasteiger partial charge in [-0.25, -0.2) is 4.79 Å². The van der Waals surface area contributed by atoms with Gasteiger partial charge in [-0.1, -0.05) is 30.3 Å². The third-order valence-electron chi connectivity index (χ3n) is 2.99. The normalized spacial score (nSPS) is 12.9. The van der Waals surface area contributed by atoms with E-state index in [1.807, 2.05) is 0 Å². The molecular formula is C16H22O6. The topological polar surface area (TPSA) is 82.1 Å². The fourth-order valence-corrected chi connectivity index (χ4v) is 2.14. The maximum absolute atomic E-state index is 12.7. The second-order valence-corrected chi connectivity index (χ2v) is 4.40. The van der Waals surface area contributed by atoms with Crippen LogP contribution in [-0.4, -0.2) is 48.6 Å². The monoisotopic (exact) mass is 310 g/mol. The highest BCUT2D eigenvalue weighted by Crippen LogP contribution is 2.25. The molecule has 0 aliphatic heterocycles. The first kappa shape index (κ1) is 18.3. The van der Waals surface area contributed by atoms with Crippen molar-refractivity contribution < 1.29 is 28.9 Å². The van der Waals surface area contributed by atoms with Gasteiger partial charge in [-0.3, -0.25) is 4.79 Å². The summed E-state index contributed by atoms with van der Waals surface area (Å²) in [5, 5.41) is 9.60. The van der Waals surface area contributed by atoms with Crippen molar-refractivity contribution in [1.29, 1.82) is 0 Å². The Morgan fingerprint density at radius 3 is 2.00 bits per heavy atom. The molecule has 1 aromatic rings. The molecule has 0 aromatic heterocycles. The maximum atomic E-state index is 12.7. The summed E-state index contributed by atoms with van der Waals surface area (Å²) in [4.78, 5) is 24.5. The number of hydrogen-bond acceptors (Lipinski definition) is 5. The van der Waals surface area contributed by atoms with Crippen molar-refractivity contribution >= 4 is 11.8 Å². The van der Waals surface area contributed by atoms with Gasteiger partial charge in [0.2, 0.25) is 0 Å². The van der Waals surface area contributed by atoms with Crippen molar-refractivity contribution in [1.82, 2.24) is 0 Å². The number of carboxylic acids is 1. The van der Waals surface area contributed by atoms with E-state index in [0.717, 1.165) is 0 Å². The summed E-state index contributed by atoms with van der Waals surface area (Å²) in [7, 11) is 0. The summed E-state index contributed by atoms with van der Waals surface area (Å²) in [6.07, 6.45) is -1.39. The quantitative estimate of drug-likeness (QED) is 0.526. The lowest BCUT2D eigenvalue weighted by molar-refractivity contribution is -0.272. The molecule has 0 aliphatic rings. The third kappa shape index (κ3) is 3.91. The molecule has 1 atom stereocenters. The molecule has 0 saturated heterocycles. The fourth-order valence-electron chi connectivity index (χ4n) is 2.14.